The highest BCUT2D eigenvalue weighted by Gasteiger charge is 2.30. The molecule has 1 aliphatic carbocycles. The summed E-state index contributed by atoms with van der Waals surface area (Å²) in [6.07, 6.45) is 3.14. The minimum atomic E-state index is -3.16. The third kappa shape index (κ3) is 3.10. The van der Waals surface area contributed by atoms with Gasteiger partial charge in [0, 0.05) is 12.2 Å². The molecule has 0 spiro atoms. The predicted molar refractivity (Wildman–Crippen MR) is 68.8 cm³/mol. The van der Waals surface area contributed by atoms with Gasteiger partial charge >= 0.3 is 0 Å². The second-order valence-corrected chi connectivity index (χ2v) is 6.86. The van der Waals surface area contributed by atoms with Crippen molar-refractivity contribution in [1.82, 2.24) is 5.32 Å². The highest BCUT2D eigenvalue weighted by molar-refractivity contribution is 7.90. The topological polar surface area (TPSA) is 63.2 Å². The van der Waals surface area contributed by atoms with Crippen LogP contribution in [0.1, 0.15) is 31.4 Å². The van der Waals surface area contributed by atoms with Crippen LogP contribution in [0.15, 0.2) is 29.2 Å². The number of carbonyl (C=O) groups excluding carboxylic acids is 1. The Balaban J connectivity index is 2.06. The summed E-state index contributed by atoms with van der Waals surface area (Å²) in [6, 6.07) is 6.55. The van der Waals surface area contributed by atoms with E-state index in [2.05, 4.69) is 5.32 Å². The number of sulfone groups is 1. The van der Waals surface area contributed by atoms with Gasteiger partial charge in [0.1, 0.15) is 0 Å². The van der Waals surface area contributed by atoms with E-state index in [-0.39, 0.29) is 17.9 Å². The second kappa shape index (κ2) is 4.72. The van der Waals surface area contributed by atoms with Gasteiger partial charge in [-0.05, 0) is 37.5 Å². The lowest BCUT2D eigenvalue weighted by Gasteiger charge is -2.14. The van der Waals surface area contributed by atoms with Gasteiger partial charge in [-0.3, -0.25) is 4.79 Å². The molecule has 2 rings (SSSR count). The van der Waals surface area contributed by atoms with Crippen LogP contribution in [0.5, 0.6) is 0 Å². The van der Waals surface area contributed by atoms with Gasteiger partial charge in [0.25, 0.3) is 0 Å². The fourth-order valence-corrected chi connectivity index (χ4v) is 2.39. The zero-order chi connectivity index (χ0) is 13.3. The third-order valence-corrected chi connectivity index (χ3v) is 4.24. The van der Waals surface area contributed by atoms with Gasteiger partial charge in [-0.1, -0.05) is 12.1 Å². The Morgan fingerprint density at radius 3 is 2.28 bits per heavy atom. The molecule has 1 N–H and O–H groups in total. The molecule has 1 unspecified atom stereocenters. The largest absolute Gasteiger partial charge is 0.349 e. The van der Waals surface area contributed by atoms with E-state index in [0.717, 1.165) is 18.4 Å². The average Bonchev–Trinajstić information content (AvgIpc) is 3.11. The lowest BCUT2D eigenvalue weighted by molar-refractivity contribution is -0.122. The molecule has 1 saturated carbocycles. The SMILES string of the molecule is CC(NC(=O)C1CC1)c1ccc(S(C)(=O)=O)cc1. The Bertz CT molecular complexity index is 544. The van der Waals surface area contributed by atoms with Crippen LogP contribution < -0.4 is 5.32 Å². The molecule has 1 aliphatic rings. The first-order chi connectivity index (χ1) is 8.38. The molecule has 18 heavy (non-hydrogen) atoms. The first kappa shape index (κ1) is 13.1. The molecule has 4 nitrogen and oxygen atoms in total. The van der Waals surface area contributed by atoms with Gasteiger partial charge in [-0.2, -0.15) is 0 Å². The van der Waals surface area contributed by atoms with Crippen molar-refractivity contribution in [3.8, 4) is 0 Å². The molecule has 1 atom stereocenters. The minimum absolute atomic E-state index is 0.0910. The Hall–Kier alpha value is -1.36. The number of rotatable bonds is 4. The Labute approximate surface area is 107 Å². The lowest BCUT2D eigenvalue weighted by Crippen LogP contribution is -2.27. The molecule has 0 radical (unpaired) electrons. The summed E-state index contributed by atoms with van der Waals surface area (Å²) in [5.74, 6) is 0.275. The highest BCUT2D eigenvalue weighted by atomic mass is 32.2. The second-order valence-electron chi connectivity index (χ2n) is 4.85. The van der Waals surface area contributed by atoms with Crippen molar-refractivity contribution in [3.63, 3.8) is 0 Å². The van der Waals surface area contributed by atoms with Crippen molar-refractivity contribution in [2.24, 2.45) is 5.92 Å². The molecule has 1 aromatic rings. The van der Waals surface area contributed by atoms with E-state index >= 15 is 0 Å². The summed E-state index contributed by atoms with van der Waals surface area (Å²) in [7, 11) is -3.16. The molecule has 1 amide bonds. The summed E-state index contributed by atoms with van der Waals surface area (Å²) >= 11 is 0. The maximum atomic E-state index is 11.6. The molecular formula is C13H17NO3S. The van der Waals surface area contributed by atoms with Crippen molar-refractivity contribution in [2.75, 3.05) is 6.26 Å². The first-order valence-electron chi connectivity index (χ1n) is 5.98. The maximum Gasteiger partial charge on any atom is 0.223 e. The number of hydrogen-bond acceptors (Lipinski definition) is 3. The van der Waals surface area contributed by atoms with E-state index in [9.17, 15) is 13.2 Å². The van der Waals surface area contributed by atoms with E-state index in [1.165, 1.54) is 6.26 Å². The zero-order valence-electron chi connectivity index (χ0n) is 10.5. The number of carbonyl (C=O) groups is 1. The summed E-state index contributed by atoms with van der Waals surface area (Å²) in [6.45, 7) is 1.90. The Morgan fingerprint density at radius 2 is 1.83 bits per heavy atom. The van der Waals surface area contributed by atoms with Crippen LogP contribution in [0.4, 0.5) is 0 Å². The molecule has 0 aliphatic heterocycles. The van der Waals surface area contributed by atoms with Crippen LogP contribution >= 0.6 is 0 Å². The maximum absolute atomic E-state index is 11.6. The monoisotopic (exact) mass is 267 g/mol. The van der Waals surface area contributed by atoms with Crippen LogP contribution in [0.2, 0.25) is 0 Å². The minimum Gasteiger partial charge on any atom is -0.349 e. The van der Waals surface area contributed by atoms with Crippen LogP contribution in [0.25, 0.3) is 0 Å². The van der Waals surface area contributed by atoms with E-state index in [0.29, 0.717) is 4.90 Å². The quantitative estimate of drug-likeness (QED) is 0.902. The molecule has 98 valence electrons. The van der Waals surface area contributed by atoms with Crippen molar-refractivity contribution >= 4 is 15.7 Å². The van der Waals surface area contributed by atoms with E-state index in [1.807, 2.05) is 6.92 Å². The normalized spacial score (nSPS) is 17.2. The van der Waals surface area contributed by atoms with Crippen molar-refractivity contribution in [1.29, 1.82) is 0 Å². The average molecular weight is 267 g/mol. The smallest absolute Gasteiger partial charge is 0.223 e. The third-order valence-electron chi connectivity index (χ3n) is 3.12. The van der Waals surface area contributed by atoms with Crippen LogP contribution in [0, 0.1) is 5.92 Å². The molecule has 5 heteroatoms. The van der Waals surface area contributed by atoms with Gasteiger partial charge in [0.15, 0.2) is 9.84 Å². The standard InChI is InChI=1S/C13H17NO3S/c1-9(14-13(15)11-3-4-11)10-5-7-12(8-6-10)18(2,16)17/h5-9,11H,3-4H2,1-2H3,(H,14,15). The molecule has 0 heterocycles. The van der Waals surface area contributed by atoms with E-state index in [4.69, 9.17) is 0 Å². The predicted octanol–water partition coefficient (Wildman–Crippen LogP) is 1.68. The summed E-state index contributed by atoms with van der Waals surface area (Å²) in [4.78, 5) is 11.9. The number of hydrogen-bond donors (Lipinski definition) is 1. The van der Waals surface area contributed by atoms with E-state index < -0.39 is 9.84 Å². The first-order valence-corrected chi connectivity index (χ1v) is 7.87. The fraction of sp³-hybridized carbons (Fsp3) is 0.462. The van der Waals surface area contributed by atoms with Gasteiger partial charge in [-0.25, -0.2) is 8.42 Å². The van der Waals surface area contributed by atoms with Crippen LogP contribution in [-0.2, 0) is 14.6 Å². The molecule has 0 saturated heterocycles. The van der Waals surface area contributed by atoms with Crippen molar-refractivity contribution < 1.29 is 13.2 Å². The fourth-order valence-electron chi connectivity index (χ4n) is 1.76. The molecule has 0 aromatic heterocycles. The van der Waals surface area contributed by atoms with Crippen LogP contribution in [0.3, 0.4) is 0 Å². The van der Waals surface area contributed by atoms with Crippen molar-refractivity contribution in [3.05, 3.63) is 29.8 Å². The molecule has 1 aromatic carbocycles. The Kier molecular flexibility index (Phi) is 3.43. The van der Waals surface area contributed by atoms with E-state index in [1.54, 1.807) is 24.3 Å². The molecule has 1 fully saturated rings. The van der Waals surface area contributed by atoms with Gasteiger partial charge in [-0.15, -0.1) is 0 Å². The highest BCUT2D eigenvalue weighted by Crippen LogP contribution is 2.29. The van der Waals surface area contributed by atoms with Crippen molar-refractivity contribution in [2.45, 2.75) is 30.7 Å². The van der Waals surface area contributed by atoms with Crippen LogP contribution in [-0.4, -0.2) is 20.6 Å². The van der Waals surface area contributed by atoms with Gasteiger partial charge in [0.2, 0.25) is 5.91 Å². The number of benzene rings is 1. The number of nitrogens with one attached hydrogen (secondary N) is 1. The van der Waals surface area contributed by atoms with Gasteiger partial charge in [0.05, 0.1) is 10.9 Å². The molecule has 0 bridgehead atoms. The summed E-state index contributed by atoms with van der Waals surface area (Å²) in [5, 5.41) is 2.93. The summed E-state index contributed by atoms with van der Waals surface area (Å²) in [5.41, 5.74) is 0.913. The van der Waals surface area contributed by atoms with Gasteiger partial charge < -0.3 is 5.32 Å². The molecular weight excluding hydrogens is 250 g/mol. The number of amides is 1. The summed E-state index contributed by atoms with van der Waals surface area (Å²) < 4.78 is 22.6. The Morgan fingerprint density at radius 1 is 1.28 bits per heavy atom. The zero-order valence-corrected chi connectivity index (χ0v) is 11.3. The lowest BCUT2D eigenvalue weighted by atomic mass is 10.1.